The molecule has 94 valence electrons. The van der Waals surface area contributed by atoms with Gasteiger partial charge >= 0.3 is 0 Å². The van der Waals surface area contributed by atoms with Crippen LogP contribution >= 0.6 is 11.6 Å². The predicted molar refractivity (Wildman–Crippen MR) is 68.9 cm³/mol. The second kappa shape index (κ2) is 6.47. The van der Waals surface area contributed by atoms with Gasteiger partial charge in [0.05, 0.1) is 12.7 Å². The minimum atomic E-state index is -0.188. The monoisotopic (exact) mass is 256 g/mol. The fourth-order valence-electron chi connectivity index (χ4n) is 1.30. The summed E-state index contributed by atoms with van der Waals surface area (Å²) in [6.45, 7) is 2.53. The van der Waals surface area contributed by atoms with Gasteiger partial charge in [-0.05, 0) is 32.2 Å². The second-order valence-corrected chi connectivity index (χ2v) is 4.18. The van der Waals surface area contributed by atoms with Crippen LogP contribution in [0.2, 0.25) is 5.02 Å². The molecule has 1 aromatic rings. The summed E-state index contributed by atoms with van der Waals surface area (Å²) in [7, 11) is 3.37. The van der Waals surface area contributed by atoms with Crippen molar-refractivity contribution in [2.45, 2.75) is 13.0 Å². The number of halogens is 1. The van der Waals surface area contributed by atoms with Gasteiger partial charge in [-0.25, -0.2) is 0 Å². The summed E-state index contributed by atoms with van der Waals surface area (Å²) in [5.41, 5.74) is 0.448. The van der Waals surface area contributed by atoms with Gasteiger partial charge in [-0.15, -0.1) is 0 Å². The van der Waals surface area contributed by atoms with Gasteiger partial charge in [0.2, 0.25) is 0 Å². The highest BCUT2D eigenvalue weighted by Gasteiger charge is 2.13. The molecule has 0 saturated carbocycles. The number of hydrogen-bond donors (Lipinski definition) is 2. The number of amides is 1. The van der Waals surface area contributed by atoms with E-state index in [2.05, 4.69) is 10.6 Å². The van der Waals surface area contributed by atoms with E-state index in [-0.39, 0.29) is 11.9 Å². The Labute approximate surface area is 106 Å². The minimum absolute atomic E-state index is 0.188. The maximum atomic E-state index is 11.9. The lowest BCUT2D eigenvalue weighted by Crippen LogP contribution is -2.37. The Morgan fingerprint density at radius 2 is 2.24 bits per heavy atom. The number of carbonyl (C=O) groups is 1. The predicted octanol–water partition coefficient (Wildman–Crippen LogP) is 1.69. The summed E-state index contributed by atoms with van der Waals surface area (Å²) in [4.78, 5) is 11.9. The number of methoxy groups -OCH3 is 1. The van der Waals surface area contributed by atoms with E-state index in [0.717, 1.165) is 0 Å². The third-order valence-corrected chi connectivity index (χ3v) is 2.70. The third kappa shape index (κ3) is 3.91. The van der Waals surface area contributed by atoms with E-state index in [1.807, 2.05) is 14.0 Å². The molecule has 0 fully saturated rings. The van der Waals surface area contributed by atoms with Crippen LogP contribution in [0.3, 0.4) is 0 Å². The lowest BCUT2D eigenvalue weighted by molar-refractivity contribution is 0.0947. The highest BCUT2D eigenvalue weighted by molar-refractivity contribution is 6.31. The van der Waals surface area contributed by atoms with Crippen LogP contribution in [-0.4, -0.2) is 32.7 Å². The molecule has 2 N–H and O–H groups in total. The van der Waals surface area contributed by atoms with E-state index in [4.69, 9.17) is 16.3 Å². The lowest BCUT2D eigenvalue weighted by atomic mass is 10.2. The van der Waals surface area contributed by atoms with E-state index in [9.17, 15) is 4.79 Å². The summed E-state index contributed by atoms with van der Waals surface area (Å²) < 4.78 is 5.12. The molecule has 1 unspecified atom stereocenters. The first kappa shape index (κ1) is 13.8. The van der Waals surface area contributed by atoms with Crippen molar-refractivity contribution in [3.05, 3.63) is 28.8 Å². The molecule has 1 atom stereocenters. The Morgan fingerprint density at radius 1 is 1.53 bits per heavy atom. The molecule has 0 radical (unpaired) electrons. The Bertz CT molecular complexity index is 396. The van der Waals surface area contributed by atoms with Gasteiger partial charge in [0.1, 0.15) is 5.75 Å². The molecule has 0 aromatic heterocycles. The molecule has 1 amide bonds. The Morgan fingerprint density at radius 3 is 2.82 bits per heavy atom. The van der Waals surface area contributed by atoms with Crippen molar-refractivity contribution in [3.8, 4) is 5.75 Å². The molecule has 1 rings (SSSR count). The summed E-state index contributed by atoms with van der Waals surface area (Å²) in [6.07, 6.45) is 0. The zero-order valence-electron chi connectivity index (χ0n) is 10.2. The molecule has 0 aliphatic heterocycles. The van der Waals surface area contributed by atoms with Crippen molar-refractivity contribution < 1.29 is 9.53 Å². The highest BCUT2D eigenvalue weighted by atomic mass is 35.5. The van der Waals surface area contributed by atoms with Gasteiger partial charge in [0, 0.05) is 17.6 Å². The van der Waals surface area contributed by atoms with E-state index < -0.39 is 0 Å². The first-order valence-electron chi connectivity index (χ1n) is 5.37. The fourth-order valence-corrected chi connectivity index (χ4v) is 1.47. The summed E-state index contributed by atoms with van der Waals surface area (Å²) >= 11 is 5.86. The smallest absolute Gasteiger partial charge is 0.255 e. The van der Waals surface area contributed by atoms with Crippen LogP contribution in [0.4, 0.5) is 0 Å². The molecule has 4 nitrogen and oxygen atoms in total. The molecule has 0 bridgehead atoms. The largest absolute Gasteiger partial charge is 0.496 e. The van der Waals surface area contributed by atoms with Crippen molar-refractivity contribution in [3.63, 3.8) is 0 Å². The van der Waals surface area contributed by atoms with Crippen LogP contribution < -0.4 is 15.4 Å². The molecule has 1 aromatic carbocycles. The van der Waals surface area contributed by atoms with Gasteiger partial charge in [0.15, 0.2) is 0 Å². The molecule has 0 saturated heterocycles. The number of ether oxygens (including phenoxy) is 1. The number of carbonyl (C=O) groups excluding carboxylic acids is 1. The van der Waals surface area contributed by atoms with Gasteiger partial charge in [-0.3, -0.25) is 4.79 Å². The van der Waals surface area contributed by atoms with Crippen LogP contribution in [0.5, 0.6) is 5.75 Å². The molecule has 5 heteroatoms. The molecular formula is C12H17ClN2O2. The van der Waals surface area contributed by atoms with Crippen LogP contribution in [0.1, 0.15) is 17.3 Å². The summed E-state index contributed by atoms with van der Waals surface area (Å²) in [6, 6.07) is 5.18. The number of rotatable bonds is 5. The molecule has 0 aliphatic rings. The highest BCUT2D eigenvalue weighted by Crippen LogP contribution is 2.22. The molecular weight excluding hydrogens is 240 g/mol. The maximum Gasteiger partial charge on any atom is 0.255 e. The number of hydrogen-bond acceptors (Lipinski definition) is 3. The average molecular weight is 257 g/mol. The second-order valence-electron chi connectivity index (χ2n) is 3.74. The molecule has 17 heavy (non-hydrogen) atoms. The molecule has 0 spiro atoms. The SMILES string of the molecule is CNC(C)CNC(=O)c1cc(Cl)ccc1OC. The first-order chi connectivity index (χ1) is 8.08. The van der Waals surface area contributed by atoms with Gasteiger partial charge in [-0.1, -0.05) is 11.6 Å². The Hall–Kier alpha value is -1.26. The average Bonchev–Trinajstić information content (AvgIpc) is 2.35. The standard InChI is InChI=1S/C12H17ClN2O2/c1-8(14-2)7-15-12(16)10-6-9(13)4-5-11(10)17-3/h4-6,8,14H,7H2,1-3H3,(H,15,16). The minimum Gasteiger partial charge on any atom is -0.496 e. The lowest BCUT2D eigenvalue weighted by Gasteiger charge is -2.13. The van der Waals surface area contributed by atoms with Gasteiger partial charge < -0.3 is 15.4 Å². The summed E-state index contributed by atoms with van der Waals surface area (Å²) in [5.74, 6) is 0.329. The van der Waals surface area contributed by atoms with Crippen LogP contribution in [0.25, 0.3) is 0 Å². The Kier molecular flexibility index (Phi) is 5.25. The molecule has 0 aliphatic carbocycles. The van der Waals surface area contributed by atoms with Crippen LogP contribution in [0, 0.1) is 0 Å². The first-order valence-corrected chi connectivity index (χ1v) is 5.75. The number of benzene rings is 1. The Balaban J connectivity index is 2.77. The van der Waals surface area contributed by atoms with Gasteiger partial charge in [0.25, 0.3) is 5.91 Å². The normalized spacial score (nSPS) is 12.0. The number of nitrogens with one attached hydrogen (secondary N) is 2. The van der Waals surface area contributed by atoms with E-state index in [1.165, 1.54) is 7.11 Å². The fraction of sp³-hybridized carbons (Fsp3) is 0.417. The van der Waals surface area contributed by atoms with Crippen molar-refractivity contribution in [1.29, 1.82) is 0 Å². The number of likely N-dealkylation sites (N-methyl/N-ethyl adjacent to an activating group) is 1. The third-order valence-electron chi connectivity index (χ3n) is 2.47. The maximum absolute atomic E-state index is 11.9. The van der Waals surface area contributed by atoms with Crippen molar-refractivity contribution in [2.24, 2.45) is 0 Å². The van der Waals surface area contributed by atoms with Crippen molar-refractivity contribution in [1.82, 2.24) is 10.6 Å². The topological polar surface area (TPSA) is 50.4 Å². The van der Waals surface area contributed by atoms with E-state index >= 15 is 0 Å². The van der Waals surface area contributed by atoms with Crippen molar-refractivity contribution >= 4 is 17.5 Å². The quantitative estimate of drug-likeness (QED) is 0.843. The van der Waals surface area contributed by atoms with E-state index in [1.54, 1.807) is 18.2 Å². The van der Waals surface area contributed by atoms with Crippen molar-refractivity contribution in [2.75, 3.05) is 20.7 Å². The zero-order valence-corrected chi connectivity index (χ0v) is 11.0. The van der Waals surface area contributed by atoms with Gasteiger partial charge in [-0.2, -0.15) is 0 Å². The van der Waals surface area contributed by atoms with Crippen LogP contribution in [-0.2, 0) is 0 Å². The van der Waals surface area contributed by atoms with E-state index in [0.29, 0.717) is 22.9 Å². The van der Waals surface area contributed by atoms with Crippen LogP contribution in [0.15, 0.2) is 18.2 Å². The molecule has 0 heterocycles. The summed E-state index contributed by atoms with van der Waals surface area (Å²) in [5, 5.41) is 6.36. The zero-order chi connectivity index (χ0) is 12.8.